The molecule has 0 bridgehead atoms. The van der Waals surface area contributed by atoms with Gasteiger partial charge in [-0.05, 0) is 17.5 Å². The summed E-state index contributed by atoms with van der Waals surface area (Å²) in [6.45, 7) is 0. The first-order valence-electron chi connectivity index (χ1n) is 7.10. The Labute approximate surface area is 147 Å². The topological polar surface area (TPSA) is 81.7 Å². The number of ether oxygens (including phenoxy) is 2. The number of hydrogen-bond acceptors (Lipinski definition) is 6. The lowest BCUT2D eigenvalue weighted by Gasteiger charge is -2.13. The zero-order valence-electron chi connectivity index (χ0n) is 13.8. The zero-order chi connectivity index (χ0) is 18.8. The molecule has 0 aliphatic rings. The smallest absolute Gasteiger partial charge is 0.282 e. The minimum atomic E-state index is -3.76. The Morgan fingerprint density at radius 2 is 1.80 bits per heavy atom. The van der Waals surface area contributed by atoms with E-state index in [0.29, 0.717) is 21.6 Å². The first-order valence-corrected chi connectivity index (χ1v) is 9.81. The maximum absolute atomic E-state index is 14.4. The SMILES string of the molecule is COc1cc2cc(C(F)(F)CCC(=O)NS(C)(=O)=O)sc2cc1OC. The van der Waals surface area contributed by atoms with Crippen LogP contribution in [0.1, 0.15) is 17.7 Å². The van der Waals surface area contributed by atoms with Crippen LogP contribution in [0.5, 0.6) is 11.5 Å². The second-order valence-corrected chi connectivity index (χ2v) is 8.19. The van der Waals surface area contributed by atoms with Gasteiger partial charge in [0.2, 0.25) is 15.9 Å². The second kappa shape index (κ2) is 7.12. The molecule has 25 heavy (non-hydrogen) atoms. The molecule has 0 aliphatic carbocycles. The third kappa shape index (κ3) is 4.79. The molecule has 0 unspecified atom stereocenters. The highest BCUT2D eigenvalue weighted by molar-refractivity contribution is 7.89. The van der Waals surface area contributed by atoms with Crippen LogP contribution in [0.15, 0.2) is 18.2 Å². The number of methoxy groups -OCH3 is 2. The number of sulfonamides is 1. The highest BCUT2D eigenvalue weighted by atomic mass is 32.2. The lowest BCUT2D eigenvalue weighted by molar-refractivity contribution is -0.121. The van der Waals surface area contributed by atoms with Crippen LogP contribution in [-0.4, -0.2) is 34.8 Å². The van der Waals surface area contributed by atoms with E-state index in [2.05, 4.69) is 0 Å². The summed E-state index contributed by atoms with van der Waals surface area (Å²) in [4.78, 5) is 11.2. The molecule has 0 saturated carbocycles. The van der Waals surface area contributed by atoms with Crippen LogP contribution in [0.25, 0.3) is 10.1 Å². The van der Waals surface area contributed by atoms with Crippen molar-refractivity contribution in [2.24, 2.45) is 0 Å². The number of carbonyl (C=O) groups is 1. The van der Waals surface area contributed by atoms with E-state index in [9.17, 15) is 22.0 Å². The van der Waals surface area contributed by atoms with Crippen LogP contribution >= 0.6 is 11.3 Å². The molecule has 1 amide bonds. The van der Waals surface area contributed by atoms with E-state index in [1.54, 1.807) is 16.9 Å². The van der Waals surface area contributed by atoms with E-state index in [-0.39, 0.29) is 4.88 Å². The second-order valence-electron chi connectivity index (χ2n) is 5.36. The van der Waals surface area contributed by atoms with E-state index in [4.69, 9.17) is 9.47 Å². The fraction of sp³-hybridized carbons (Fsp3) is 0.400. The summed E-state index contributed by atoms with van der Waals surface area (Å²) < 4.78 is 63.2. The first kappa shape index (κ1) is 19.4. The van der Waals surface area contributed by atoms with Crippen molar-refractivity contribution in [3.8, 4) is 11.5 Å². The summed E-state index contributed by atoms with van der Waals surface area (Å²) in [6, 6.07) is 4.53. The number of alkyl halides is 2. The van der Waals surface area contributed by atoms with Crippen molar-refractivity contribution in [1.29, 1.82) is 0 Å². The third-order valence-corrected chi connectivity index (χ3v) is 5.16. The minimum Gasteiger partial charge on any atom is -0.493 e. The van der Waals surface area contributed by atoms with Gasteiger partial charge in [-0.3, -0.25) is 9.52 Å². The Morgan fingerprint density at radius 3 is 2.36 bits per heavy atom. The molecule has 138 valence electrons. The van der Waals surface area contributed by atoms with Crippen LogP contribution in [0.4, 0.5) is 8.78 Å². The van der Waals surface area contributed by atoms with Crippen molar-refractivity contribution >= 4 is 37.4 Å². The predicted octanol–water partition coefficient (Wildman–Crippen LogP) is 2.87. The zero-order valence-corrected chi connectivity index (χ0v) is 15.4. The molecule has 2 rings (SSSR count). The van der Waals surface area contributed by atoms with Gasteiger partial charge in [-0.15, -0.1) is 11.3 Å². The van der Waals surface area contributed by atoms with Crippen LogP contribution in [0.2, 0.25) is 0 Å². The molecule has 1 N–H and O–H groups in total. The molecular weight excluding hydrogens is 376 g/mol. The largest absolute Gasteiger partial charge is 0.493 e. The Bertz CT molecular complexity index is 852. The predicted molar refractivity (Wildman–Crippen MR) is 91.0 cm³/mol. The van der Waals surface area contributed by atoms with Crippen molar-refractivity contribution < 1.29 is 31.5 Å². The molecule has 0 radical (unpaired) electrons. The number of thiophene rings is 1. The molecule has 2 aromatic rings. The first-order chi connectivity index (χ1) is 11.6. The molecular formula is C15H17F2NO5S2. The van der Waals surface area contributed by atoms with Crippen molar-refractivity contribution in [2.75, 3.05) is 20.5 Å². The van der Waals surface area contributed by atoms with Gasteiger partial charge in [0.25, 0.3) is 5.92 Å². The summed E-state index contributed by atoms with van der Waals surface area (Å²) in [5, 5.41) is 0.568. The van der Waals surface area contributed by atoms with Crippen molar-refractivity contribution in [3.05, 3.63) is 23.1 Å². The van der Waals surface area contributed by atoms with E-state index in [1.807, 2.05) is 0 Å². The maximum Gasteiger partial charge on any atom is 0.282 e. The van der Waals surface area contributed by atoms with Crippen LogP contribution in [-0.2, 0) is 20.7 Å². The highest BCUT2D eigenvalue weighted by Crippen LogP contribution is 2.43. The molecule has 1 heterocycles. The molecule has 10 heteroatoms. The molecule has 6 nitrogen and oxygen atoms in total. The molecule has 0 aliphatic heterocycles. The lowest BCUT2D eigenvalue weighted by atomic mass is 10.1. The molecule has 0 spiro atoms. The molecule has 0 atom stereocenters. The minimum absolute atomic E-state index is 0.218. The number of halogens is 2. The standard InChI is InChI=1S/C15H17F2NO5S2/c1-22-10-6-9-7-13(24-12(9)8-11(10)23-2)15(16,17)5-4-14(19)18-25(3,20)21/h6-8H,4-5H2,1-3H3,(H,18,19). The van der Waals surface area contributed by atoms with Gasteiger partial charge in [0.05, 0.1) is 25.4 Å². The van der Waals surface area contributed by atoms with Gasteiger partial charge in [-0.2, -0.15) is 0 Å². The quantitative estimate of drug-likeness (QED) is 0.782. The average molecular weight is 393 g/mol. The average Bonchev–Trinajstić information content (AvgIpc) is 2.93. The van der Waals surface area contributed by atoms with E-state index < -0.39 is 34.7 Å². The Kier molecular flexibility index (Phi) is 5.52. The molecule has 1 aromatic heterocycles. The van der Waals surface area contributed by atoms with Gasteiger partial charge < -0.3 is 9.47 Å². The normalized spacial score (nSPS) is 12.2. The number of rotatable bonds is 7. The van der Waals surface area contributed by atoms with Gasteiger partial charge >= 0.3 is 0 Å². The number of benzene rings is 1. The van der Waals surface area contributed by atoms with Gasteiger partial charge in [-0.25, -0.2) is 17.2 Å². The van der Waals surface area contributed by atoms with Gasteiger partial charge in [0.15, 0.2) is 11.5 Å². The summed E-state index contributed by atoms with van der Waals surface area (Å²) in [7, 11) is -0.859. The van der Waals surface area contributed by atoms with E-state index in [0.717, 1.165) is 17.6 Å². The number of hydrogen-bond donors (Lipinski definition) is 1. The van der Waals surface area contributed by atoms with Gasteiger partial charge in [0, 0.05) is 23.6 Å². The summed E-state index contributed by atoms with van der Waals surface area (Å²) in [5.74, 6) is -3.38. The summed E-state index contributed by atoms with van der Waals surface area (Å²) in [6.07, 6.45) is -0.619. The Morgan fingerprint density at radius 1 is 1.20 bits per heavy atom. The maximum atomic E-state index is 14.4. The summed E-state index contributed by atoms with van der Waals surface area (Å²) >= 11 is 0.882. The molecule has 0 fully saturated rings. The highest BCUT2D eigenvalue weighted by Gasteiger charge is 2.34. The fourth-order valence-corrected chi connectivity index (χ4v) is 3.79. The van der Waals surface area contributed by atoms with Crippen molar-refractivity contribution in [3.63, 3.8) is 0 Å². The monoisotopic (exact) mass is 393 g/mol. The van der Waals surface area contributed by atoms with Gasteiger partial charge in [0.1, 0.15) is 0 Å². The van der Waals surface area contributed by atoms with Crippen LogP contribution in [0.3, 0.4) is 0 Å². The number of nitrogens with one attached hydrogen (secondary N) is 1. The molecule has 0 saturated heterocycles. The molecule has 1 aromatic carbocycles. The van der Waals surface area contributed by atoms with Crippen molar-refractivity contribution in [2.45, 2.75) is 18.8 Å². The van der Waals surface area contributed by atoms with Gasteiger partial charge in [-0.1, -0.05) is 0 Å². The fourth-order valence-electron chi connectivity index (χ4n) is 2.20. The number of carbonyl (C=O) groups excluding carboxylic acids is 1. The van der Waals surface area contributed by atoms with E-state index in [1.165, 1.54) is 20.3 Å². The van der Waals surface area contributed by atoms with Crippen LogP contribution in [0, 0.1) is 0 Å². The Hall–Kier alpha value is -1.94. The Balaban J connectivity index is 2.22. The number of amides is 1. The number of fused-ring (bicyclic) bond motifs is 1. The van der Waals surface area contributed by atoms with Crippen molar-refractivity contribution in [1.82, 2.24) is 4.72 Å². The summed E-state index contributed by atoms with van der Waals surface area (Å²) in [5.41, 5.74) is 0. The van der Waals surface area contributed by atoms with Crippen LogP contribution < -0.4 is 14.2 Å². The lowest BCUT2D eigenvalue weighted by Crippen LogP contribution is -2.30. The third-order valence-electron chi connectivity index (χ3n) is 3.35. The van der Waals surface area contributed by atoms with E-state index >= 15 is 0 Å².